The lowest BCUT2D eigenvalue weighted by Gasteiger charge is -2.21. The fourth-order valence-corrected chi connectivity index (χ4v) is 5.36. The predicted molar refractivity (Wildman–Crippen MR) is 127 cm³/mol. The Morgan fingerprint density at radius 3 is 2.67 bits per heavy atom. The molecular weight excluding hydrogens is 410 g/mol. The fourth-order valence-electron chi connectivity index (χ4n) is 3.42. The van der Waals surface area contributed by atoms with Crippen molar-refractivity contribution in [1.29, 1.82) is 0 Å². The van der Waals surface area contributed by atoms with Gasteiger partial charge in [-0.3, -0.25) is 14.7 Å². The number of carbonyl (C=O) groups is 1. The van der Waals surface area contributed by atoms with Crippen LogP contribution in [-0.4, -0.2) is 21.6 Å². The molecule has 0 fully saturated rings. The standard InChI is InChI=1S/C24H23N3OS2/c1-4-29-20-11-6-5-10-19(20)23(28)27(15-18-9-7-8-12-25-18)24-26-22-17(3)13-16(2)14-21(22)30-24/h5-14H,4,15H2,1-3H3. The van der Waals surface area contributed by atoms with Crippen LogP contribution < -0.4 is 4.90 Å². The van der Waals surface area contributed by atoms with Crippen LogP contribution in [0.2, 0.25) is 0 Å². The first kappa shape index (κ1) is 20.6. The average molecular weight is 434 g/mol. The van der Waals surface area contributed by atoms with Crippen molar-refractivity contribution in [1.82, 2.24) is 9.97 Å². The Labute approximate surface area is 185 Å². The molecule has 0 N–H and O–H groups in total. The minimum Gasteiger partial charge on any atom is -0.278 e. The first-order valence-corrected chi connectivity index (χ1v) is 11.7. The van der Waals surface area contributed by atoms with Gasteiger partial charge in [0.1, 0.15) is 0 Å². The van der Waals surface area contributed by atoms with Gasteiger partial charge >= 0.3 is 0 Å². The Hall–Kier alpha value is -2.70. The van der Waals surface area contributed by atoms with Crippen molar-refractivity contribution in [2.45, 2.75) is 32.2 Å². The Bertz CT molecular complexity index is 1190. The van der Waals surface area contributed by atoms with Gasteiger partial charge in [0.2, 0.25) is 0 Å². The molecule has 4 aromatic rings. The molecule has 30 heavy (non-hydrogen) atoms. The van der Waals surface area contributed by atoms with E-state index in [9.17, 15) is 4.79 Å². The van der Waals surface area contributed by atoms with Crippen LogP contribution in [0.15, 0.2) is 65.7 Å². The lowest BCUT2D eigenvalue weighted by Crippen LogP contribution is -2.31. The molecule has 1 amide bonds. The minimum atomic E-state index is -0.0503. The number of pyridine rings is 1. The number of benzene rings is 2. The maximum atomic E-state index is 13.7. The van der Waals surface area contributed by atoms with Crippen LogP contribution in [0, 0.1) is 13.8 Å². The fraction of sp³-hybridized carbons (Fsp3) is 0.208. The number of anilines is 1. The number of amides is 1. The molecule has 0 aliphatic heterocycles. The van der Waals surface area contributed by atoms with E-state index >= 15 is 0 Å². The SMILES string of the molecule is CCSc1ccccc1C(=O)N(Cc1ccccn1)c1nc2c(C)cc(C)cc2s1. The normalized spacial score (nSPS) is 11.0. The lowest BCUT2D eigenvalue weighted by molar-refractivity contribution is 0.0982. The molecule has 4 rings (SSSR count). The first-order chi connectivity index (χ1) is 14.6. The Kier molecular flexibility index (Phi) is 6.16. The second kappa shape index (κ2) is 8.98. The lowest BCUT2D eigenvalue weighted by atomic mass is 10.1. The van der Waals surface area contributed by atoms with Crippen LogP contribution >= 0.6 is 23.1 Å². The van der Waals surface area contributed by atoms with Gasteiger partial charge in [0.15, 0.2) is 5.13 Å². The largest absolute Gasteiger partial charge is 0.278 e. The number of aromatic nitrogens is 2. The van der Waals surface area contributed by atoms with Gasteiger partial charge in [-0.25, -0.2) is 4.98 Å². The molecule has 0 aliphatic rings. The second-order valence-corrected chi connectivity index (χ2v) is 9.38. The number of aryl methyl sites for hydroxylation is 2. The zero-order chi connectivity index (χ0) is 21.1. The molecule has 0 radical (unpaired) electrons. The highest BCUT2D eigenvalue weighted by Gasteiger charge is 2.24. The van der Waals surface area contributed by atoms with Gasteiger partial charge in [-0.2, -0.15) is 0 Å². The molecule has 0 saturated heterocycles. The van der Waals surface area contributed by atoms with Gasteiger partial charge in [-0.1, -0.05) is 42.5 Å². The molecule has 0 aliphatic carbocycles. The highest BCUT2D eigenvalue weighted by Crippen LogP contribution is 2.34. The van der Waals surface area contributed by atoms with Crippen molar-refractivity contribution in [2.24, 2.45) is 0 Å². The Morgan fingerprint density at radius 2 is 1.90 bits per heavy atom. The quantitative estimate of drug-likeness (QED) is 0.336. The van der Waals surface area contributed by atoms with E-state index in [4.69, 9.17) is 4.98 Å². The number of fused-ring (bicyclic) bond motifs is 1. The highest BCUT2D eigenvalue weighted by atomic mass is 32.2. The number of rotatable bonds is 6. The van der Waals surface area contributed by atoms with Crippen LogP contribution in [0.4, 0.5) is 5.13 Å². The third-order valence-corrected chi connectivity index (χ3v) is 6.74. The van der Waals surface area contributed by atoms with Crippen molar-refractivity contribution in [3.63, 3.8) is 0 Å². The van der Waals surface area contributed by atoms with Gasteiger partial charge in [0, 0.05) is 11.1 Å². The van der Waals surface area contributed by atoms with Crippen molar-refractivity contribution >= 4 is 44.4 Å². The Balaban J connectivity index is 1.81. The van der Waals surface area contributed by atoms with E-state index in [0.29, 0.717) is 17.2 Å². The van der Waals surface area contributed by atoms with Crippen LogP contribution in [-0.2, 0) is 6.54 Å². The van der Waals surface area contributed by atoms with Crippen molar-refractivity contribution < 1.29 is 4.79 Å². The van der Waals surface area contributed by atoms with E-state index in [1.807, 2.05) is 42.5 Å². The number of carbonyl (C=O) groups excluding carboxylic acids is 1. The van der Waals surface area contributed by atoms with Gasteiger partial charge in [0.25, 0.3) is 5.91 Å². The van der Waals surface area contributed by atoms with Gasteiger partial charge in [-0.05, 0) is 61.1 Å². The minimum absolute atomic E-state index is 0.0503. The summed E-state index contributed by atoms with van der Waals surface area (Å²) in [4.78, 5) is 25.8. The van der Waals surface area contributed by atoms with E-state index in [2.05, 4.69) is 37.9 Å². The van der Waals surface area contributed by atoms with Crippen molar-refractivity contribution in [2.75, 3.05) is 10.7 Å². The predicted octanol–water partition coefficient (Wildman–Crippen LogP) is 6.27. The summed E-state index contributed by atoms with van der Waals surface area (Å²) in [6, 6.07) is 17.8. The molecule has 0 atom stereocenters. The van der Waals surface area contributed by atoms with Crippen LogP contribution in [0.3, 0.4) is 0 Å². The number of hydrogen-bond acceptors (Lipinski definition) is 5. The summed E-state index contributed by atoms with van der Waals surface area (Å²) in [6.07, 6.45) is 1.75. The molecule has 2 aromatic heterocycles. The molecular formula is C24H23N3OS2. The third-order valence-electron chi connectivity index (χ3n) is 4.76. The van der Waals surface area contributed by atoms with E-state index in [1.165, 1.54) is 5.56 Å². The molecule has 2 heterocycles. The summed E-state index contributed by atoms with van der Waals surface area (Å²) >= 11 is 3.23. The first-order valence-electron chi connectivity index (χ1n) is 9.88. The molecule has 0 spiro atoms. The topological polar surface area (TPSA) is 46.1 Å². The molecule has 2 aromatic carbocycles. The number of thiazole rings is 1. The second-order valence-electron chi connectivity index (χ2n) is 7.07. The summed E-state index contributed by atoms with van der Waals surface area (Å²) in [7, 11) is 0. The van der Waals surface area contributed by atoms with E-state index < -0.39 is 0 Å². The van der Waals surface area contributed by atoms with Crippen molar-refractivity contribution in [3.05, 3.63) is 83.2 Å². The van der Waals surface area contributed by atoms with Gasteiger partial charge < -0.3 is 0 Å². The zero-order valence-corrected chi connectivity index (χ0v) is 18.9. The Morgan fingerprint density at radius 1 is 1.10 bits per heavy atom. The molecule has 0 saturated carbocycles. The average Bonchev–Trinajstić information content (AvgIpc) is 3.17. The smallest absolute Gasteiger partial charge is 0.261 e. The van der Waals surface area contributed by atoms with Gasteiger partial charge in [-0.15, -0.1) is 11.8 Å². The van der Waals surface area contributed by atoms with E-state index in [0.717, 1.165) is 32.1 Å². The van der Waals surface area contributed by atoms with Crippen molar-refractivity contribution in [3.8, 4) is 0 Å². The zero-order valence-electron chi connectivity index (χ0n) is 17.3. The maximum Gasteiger partial charge on any atom is 0.261 e. The van der Waals surface area contributed by atoms with Gasteiger partial charge in [0.05, 0.1) is 28.0 Å². The highest BCUT2D eigenvalue weighted by molar-refractivity contribution is 7.99. The summed E-state index contributed by atoms with van der Waals surface area (Å²) in [6.45, 7) is 6.62. The van der Waals surface area contributed by atoms with Crippen LogP contribution in [0.1, 0.15) is 34.1 Å². The van der Waals surface area contributed by atoms with E-state index in [-0.39, 0.29) is 5.91 Å². The molecule has 0 unspecified atom stereocenters. The third kappa shape index (κ3) is 4.25. The summed E-state index contributed by atoms with van der Waals surface area (Å²) in [5.41, 5.74) is 4.81. The summed E-state index contributed by atoms with van der Waals surface area (Å²) in [5, 5.41) is 0.700. The molecule has 4 nitrogen and oxygen atoms in total. The summed E-state index contributed by atoms with van der Waals surface area (Å²) in [5.74, 6) is 0.857. The monoisotopic (exact) mass is 433 g/mol. The molecule has 0 bridgehead atoms. The molecule has 6 heteroatoms. The number of nitrogens with zero attached hydrogens (tertiary/aromatic N) is 3. The maximum absolute atomic E-state index is 13.7. The number of thioether (sulfide) groups is 1. The molecule has 152 valence electrons. The van der Waals surface area contributed by atoms with Crippen LogP contribution in [0.25, 0.3) is 10.2 Å². The summed E-state index contributed by atoms with van der Waals surface area (Å²) < 4.78 is 1.09. The van der Waals surface area contributed by atoms with Crippen LogP contribution in [0.5, 0.6) is 0 Å². The van der Waals surface area contributed by atoms with E-state index in [1.54, 1.807) is 34.2 Å². The number of hydrogen-bond donors (Lipinski definition) is 0.